The molecule has 18 heavy (non-hydrogen) atoms. The van der Waals surface area contributed by atoms with Crippen LogP contribution in [0.25, 0.3) is 0 Å². The Morgan fingerprint density at radius 1 is 1.39 bits per heavy atom. The van der Waals surface area contributed by atoms with Crippen LogP contribution in [0.1, 0.15) is 20.3 Å². The van der Waals surface area contributed by atoms with Crippen molar-refractivity contribution in [2.45, 2.75) is 26.3 Å². The van der Waals surface area contributed by atoms with Crippen LogP contribution in [0.5, 0.6) is 0 Å². The molecular formula is C12H25N3O3. The molecule has 0 aromatic heterocycles. The summed E-state index contributed by atoms with van der Waals surface area (Å²) in [5.41, 5.74) is 5.55. The normalized spacial score (nSPS) is 12.3. The maximum absolute atomic E-state index is 11.6. The van der Waals surface area contributed by atoms with Gasteiger partial charge in [0.2, 0.25) is 11.8 Å². The molecular weight excluding hydrogens is 234 g/mol. The number of rotatable bonds is 8. The number of hydrogen-bond donors (Lipinski definition) is 2. The van der Waals surface area contributed by atoms with E-state index >= 15 is 0 Å². The zero-order valence-corrected chi connectivity index (χ0v) is 11.7. The number of likely N-dealkylation sites (N-methyl/N-ethyl adjacent to an activating group) is 1. The summed E-state index contributed by atoms with van der Waals surface area (Å²) in [5, 5.41) is 2.67. The summed E-state index contributed by atoms with van der Waals surface area (Å²) in [6.07, 6.45) is 0.521. The third kappa shape index (κ3) is 7.24. The van der Waals surface area contributed by atoms with Crippen LogP contribution >= 0.6 is 0 Å². The molecule has 0 heterocycles. The van der Waals surface area contributed by atoms with Crippen molar-refractivity contribution in [1.29, 1.82) is 0 Å². The Bertz CT molecular complexity index is 269. The largest absolute Gasteiger partial charge is 0.383 e. The standard InChI is InChI=1S/C12H25N3O3/c1-9(2)7-11(16)15(3)6-5-14-12(17)10(13)8-18-4/h9-10H,5-8,13H2,1-4H3,(H,14,17)/t10-/m0/s1. The van der Waals surface area contributed by atoms with Crippen molar-refractivity contribution in [3.8, 4) is 0 Å². The zero-order chi connectivity index (χ0) is 14.1. The first-order chi connectivity index (χ1) is 8.38. The maximum Gasteiger partial charge on any atom is 0.239 e. The van der Waals surface area contributed by atoms with Gasteiger partial charge in [-0.25, -0.2) is 0 Å². The smallest absolute Gasteiger partial charge is 0.239 e. The molecule has 0 aromatic rings. The third-order valence-corrected chi connectivity index (χ3v) is 2.44. The number of ether oxygens (including phenoxy) is 1. The van der Waals surface area contributed by atoms with E-state index in [-0.39, 0.29) is 18.4 Å². The number of amides is 2. The van der Waals surface area contributed by atoms with Crippen LogP contribution in [0.2, 0.25) is 0 Å². The van der Waals surface area contributed by atoms with Gasteiger partial charge >= 0.3 is 0 Å². The first kappa shape index (κ1) is 16.9. The molecule has 3 N–H and O–H groups in total. The summed E-state index contributed by atoms with van der Waals surface area (Å²) in [5.74, 6) is 0.159. The van der Waals surface area contributed by atoms with Gasteiger partial charge in [-0.15, -0.1) is 0 Å². The summed E-state index contributed by atoms with van der Waals surface area (Å²) < 4.78 is 4.78. The van der Waals surface area contributed by atoms with Crippen molar-refractivity contribution in [3.05, 3.63) is 0 Å². The molecule has 0 aliphatic rings. The number of nitrogens with one attached hydrogen (secondary N) is 1. The highest BCUT2D eigenvalue weighted by Crippen LogP contribution is 2.01. The molecule has 0 fully saturated rings. The van der Waals surface area contributed by atoms with Gasteiger partial charge in [0.1, 0.15) is 6.04 Å². The van der Waals surface area contributed by atoms with E-state index in [0.717, 1.165) is 0 Å². The van der Waals surface area contributed by atoms with Crippen molar-refractivity contribution in [2.24, 2.45) is 11.7 Å². The summed E-state index contributed by atoms with van der Waals surface area (Å²) in [6, 6.07) is -0.660. The van der Waals surface area contributed by atoms with Crippen LogP contribution in [0.3, 0.4) is 0 Å². The lowest BCUT2D eigenvalue weighted by atomic mass is 10.1. The van der Waals surface area contributed by atoms with Crippen LogP contribution in [-0.4, -0.2) is 56.6 Å². The second-order valence-corrected chi connectivity index (χ2v) is 4.77. The summed E-state index contributed by atoms with van der Waals surface area (Å²) in [4.78, 5) is 24.7. The Morgan fingerprint density at radius 3 is 2.50 bits per heavy atom. The molecule has 106 valence electrons. The van der Waals surface area contributed by atoms with Gasteiger partial charge in [-0.3, -0.25) is 9.59 Å². The number of carbonyl (C=O) groups is 2. The highest BCUT2D eigenvalue weighted by Gasteiger charge is 2.14. The number of methoxy groups -OCH3 is 1. The monoisotopic (exact) mass is 259 g/mol. The number of nitrogens with two attached hydrogens (primary N) is 1. The third-order valence-electron chi connectivity index (χ3n) is 2.44. The van der Waals surface area contributed by atoms with Crippen molar-refractivity contribution in [3.63, 3.8) is 0 Å². The van der Waals surface area contributed by atoms with Crippen molar-refractivity contribution in [2.75, 3.05) is 33.9 Å². The van der Waals surface area contributed by atoms with Gasteiger partial charge in [0, 0.05) is 33.7 Å². The van der Waals surface area contributed by atoms with Gasteiger partial charge in [-0.1, -0.05) is 13.8 Å². The Labute approximate surface area is 109 Å². The molecule has 6 heteroatoms. The molecule has 0 aromatic carbocycles. The topological polar surface area (TPSA) is 84.7 Å². The highest BCUT2D eigenvalue weighted by atomic mass is 16.5. The molecule has 1 atom stereocenters. The molecule has 0 unspecified atom stereocenters. The van der Waals surface area contributed by atoms with Crippen LogP contribution in [0.4, 0.5) is 0 Å². The van der Waals surface area contributed by atoms with Crippen molar-refractivity contribution < 1.29 is 14.3 Å². The Kier molecular flexibility index (Phi) is 8.32. The quantitative estimate of drug-likeness (QED) is 0.620. The fraction of sp³-hybridized carbons (Fsp3) is 0.833. The molecule has 0 radical (unpaired) electrons. The molecule has 0 spiro atoms. The summed E-state index contributed by atoms with van der Waals surface area (Å²) >= 11 is 0. The molecule has 0 aliphatic heterocycles. The molecule has 2 amide bonds. The Morgan fingerprint density at radius 2 is 2.00 bits per heavy atom. The lowest BCUT2D eigenvalue weighted by molar-refractivity contribution is -0.131. The highest BCUT2D eigenvalue weighted by molar-refractivity contribution is 5.81. The SMILES string of the molecule is COC[C@H](N)C(=O)NCCN(C)C(=O)CC(C)C. The lowest BCUT2D eigenvalue weighted by Gasteiger charge is -2.19. The van der Waals surface area contributed by atoms with E-state index in [1.54, 1.807) is 11.9 Å². The number of hydrogen-bond acceptors (Lipinski definition) is 4. The first-order valence-electron chi connectivity index (χ1n) is 6.14. The molecule has 0 rings (SSSR count). The van der Waals surface area contributed by atoms with E-state index in [9.17, 15) is 9.59 Å². The summed E-state index contributed by atoms with van der Waals surface area (Å²) in [6.45, 7) is 5.07. The van der Waals surface area contributed by atoms with Gasteiger partial charge in [0.05, 0.1) is 6.61 Å². The number of nitrogens with zero attached hydrogens (tertiary/aromatic N) is 1. The van der Waals surface area contributed by atoms with E-state index in [1.165, 1.54) is 7.11 Å². The average Bonchev–Trinajstić information content (AvgIpc) is 2.27. The zero-order valence-electron chi connectivity index (χ0n) is 11.7. The minimum absolute atomic E-state index is 0.0837. The second kappa shape index (κ2) is 8.88. The predicted octanol–water partition coefficient (Wildman–Crippen LogP) is -0.419. The van der Waals surface area contributed by atoms with Crippen molar-refractivity contribution >= 4 is 11.8 Å². The van der Waals surface area contributed by atoms with Crippen LogP contribution in [0, 0.1) is 5.92 Å². The lowest BCUT2D eigenvalue weighted by Crippen LogP contribution is -2.46. The average molecular weight is 259 g/mol. The van der Waals surface area contributed by atoms with Gasteiger partial charge in [-0.05, 0) is 5.92 Å². The number of carbonyl (C=O) groups excluding carboxylic acids is 2. The van der Waals surface area contributed by atoms with E-state index in [0.29, 0.717) is 25.4 Å². The molecule has 0 aliphatic carbocycles. The van der Waals surface area contributed by atoms with E-state index < -0.39 is 6.04 Å². The van der Waals surface area contributed by atoms with Crippen LogP contribution in [0.15, 0.2) is 0 Å². The Balaban J connectivity index is 3.83. The van der Waals surface area contributed by atoms with Gasteiger partial charge < -0.3 is 20.7 Å². The van der Waals surface area contributed by atoms with E-state index in [4.69, 9.17) is 10.5 Å². The molecule has 6 nitrogen and oxygen atoms in total. The second-order valence-electron chi connectivity index (χ2n) is 4.77. The van der Waals surface area contributed by atoms with Crippen molar-refractivity contribution in [1.82, 2.24) is 10.2 Å². The fourth-order valence-corrected chi connectivity index (χ4v) is 1.36. The van der Waals surface area contributed by atoms with E-state index in [2.05, 4.69) is 5.32 Å². The Hall–Kier alpha value is -1.14. The van der Waals surface area contributed by atoms with Gasteiger partial charge in [0.15, 0.2) is 0 Å². The minimum atomic E-state index is -0.660. The minimum Gasteiger partial charge on any atom is -0.383 e. The van der Waals surface area contributed by atoms with E-state index in [1.807, 2.05) is 13.8 Å². The molecule has 0 saturated heterocycles. The molecule has 0 saturated carbocycles. The van der Waals surface area contributed by atoms with Crippen LogP contribution < -0.4 is 11.1 Å². The van der Waals surface area contributed by atoms with Gasteiger partial charge in [-0.2, -0.15) is 0 Å². The maximum atomic E-state index is 11.6. The predicted molar refractivity (Wildman–Crippen MR) is 70.0 cm³/mol. The van der Waals surface area contributed by atoms with Gasteiger partial charge in [0.25, 0.3) is 0 Å². The fourth-order valence-electron chi connectivity index (χ4n) is 1.36. The van der Waals surface area contributed by atoms with Crippen LogP contribution in [-0.2, 0) is 14.3 Å². The summed E-state index contributed by atoms with van der Waals surface area (Å²) in [7, 11) is 3.22. The first-order valence-corrected chi connectivity index (χ1v) is 6.14. The molecule has 0 bridgehead atoms.